The minimum atomic E-state index is -0.0152. The summed E-state index contributed by atoms with van der Waals surface area (Å²) in [4.78, 5) is 29.2. The fraction of sp³-hybridized carbons (Fsp3) is 0.429. The lowest BCUT2D eigenvalue weighted by Gasteiger charge is -2.36. The van der Waals surface area contributed by atoms with Gasteiger partial charge in [-0.1, -0.05) is 11.6 Å². The largest absolute Gasteiger partial charge is 0.335 e. The molecule has 1 saturated heterocycles. The number of carbonyl (C=O) groups is 2. The first-order chi connectivity index (χ1) is 9.49. The van der Waals surface area contributed by atoms with E-state index < -0.39 is 0 Å². The molecule has 0 atom stereocenters. The topological polar surface area (TPSA) is 43.9 Å². The van der Waals surface area contributed by atoms with E-state index in [9.17, 15) is 9.59 Å². The zero-order valence-corrected chi connectivity index (χ0v) is 12.4. The Hall–Kier alpha value is -1.75. The Bertz CT molecular complexity index is 494. The Labute approximate surface area is 123 Å². The van der Waals surface area contributed by atoms with Crippen molar-refractivity contribution in [2.75, 3.05) is 40.3 Å². The first kappa shape index (κ1) is 14.7. The van der Waals surface area contributed by atoms with E-state index in [0.29, 0.717) is 36.8 Å². The van der Waals surface area contributed by atoms with Crippen LogP contribution in [0.2, 0.25) is 5.02 Å². The summed E-state index contributed by atoms with van der Waals surface area (Å²) in [5, 5.41) is 0.614. The number of piperazine rings is 1. The summed E-state index contributed by atoms with van der Waals surface area (Å²) in [6.45, 7) is 2.24. The number of hydrogen-bond donors (Lipinski definition) is 0. The molecule has 20 heavy (non-hydrogen) atoms. The monoisotopic (exact) mass is 295 g/mol. The smallest absolute Gasteiger partial charge is 0.319 e. The average Bonchev–Trinajstić information content (AvgIpc) is 2.46. The van der Waals surface area contributed by atoms with Gasteiger partial charge < -0.3 is 14.7 Å². The van der Waals surface area contributed by atoms with E-state index in [4.69, 9.17) is 11.6 Å². The predicted molar refractivity (Wildman–Crippen MR) is 78.0 cm³/mol. The van der Waals surface area contributed by atoms with E-state index in [2.05, 4.69) is 0 Å². The maximum atomic E-state index is 12.3. The molecule has 108 valence electrons. The Balaban J connectivity index is 1.95. The third kappa shape index (κ3) is 3.22. The van der Waals surface area contributed by atoms with E-state index in [1.165, 1.54) is 0 Å². The van der Waals surface area contributed by atoms with Crippen LogP contribution in [0.25, 0.3) is 0 Å². The Morgan fingerprint density at radius 2 is 1.50 bits per heavy atom. The van der Waals surface area contributed by atoms with Gasteiger partial charge in [-0.25, -0.2) is 4.79 Å². The van der Waals surface area contributed by atoms with E-state index in [1.54, 1.807) is 53.1 Å². The second-order valence-corrected chi connectivity index (χ2v) is 5.40. The average molecular weight is 296 g/mol. The Kier molecular flexibility index (Phi) is 4.49. The maximum Gasteiger partial charge on any atom is 0.319 e. The van der Waals surface area contributed by atoms with Gasteiger partial charge in [-0.05, 0) is 24.3 Å². The third-order valence-electron chi connectivity index (χ3n) is 3.31. The highest BCUT2D eigenvalue weighted by Gasteiger charge is 2.25. The lowest BCUT2D eigenvalue weighted by Crippen LogP contribution is -2.52. The van der Waals surface area contributed by atoms with Gasteiger partial charge in [0.05, 0.1) is 0 Å². The van der Waals surface area contributed by atoms with Crippen molar-refractivity contribution in [2.24, 2.45) is 0 Å². The highest BCUT2D eigenvalue weighted by Crippen LogP contribution is 2.13. The van der Waals surface area contributed by atoms with Crippen LogP contribution in [0.3, 0.4) is 0 Å². The lowest BCUT2D eigenvalue weighted by atomic mass is 10.2. The molecule has 1 heterocycles. The number of benzene rings is 1. The number of hydrogen-bond acceptors (Lipinski definition) is 2. The van der Waals surface area contributed by atoms with Crippen LogP contribution in [0.1, 0.15) is 10.4 Å². The molecule has 0 radical (unpaired) electrons. The van der Waals surface area contributed by atoms with Gasteiger partial charge in [-0.2, -0.15) is 0 Å². The minimum absolute atomic E-state index is 0.0106. The van der Waals surface area contributed by atoms with E-state index in [1.807, 2.05) is 0 Å². The molecular weight excluding hydrogens is 278 g/mol. The molecule has 0 bridgehead atoms. The van der Waals surface area contributed by atoms with Crippen LogP contribution in [-0.2, 0) is 0 Å². The molecule has 0 aliphatic carbocycles. The molecule has 0 unspecified atom stereocenters. The van der Waals surface area contributed by atoms with E-state index >= 15 is 0 Å². The number of urea groups is 1. The van der Waals surface area contributed by atoms with Crippen molar-refractivity contribution in [1.82, 2.24) is 14.7 Å². The molecule has 0 aromatic heterocycles. The van der Waals surface area contributed by atoms with Crippen LogP contribution in [0, 0.1) is 0 Å². The highest BCUT2D eigenvalue weighted by atomic mass is 35.5. The van der Waals surface area contributed by atoms with Gasteiger partial charge in [-0.3, -0.25) is 4.79 Å². The maximum absolute atomic E-state index is 12.3. The van der Waals surface area contributed by atoms with Crippen molar-refractivity contribution in [2.45, 2.75) is 0 Å². The summed E-state index contributed by atoms with van der Waals surface area (Å²) in [5.74, 6) is -0.0152. The van der Waals surface area contributed by atoms with Crippen molar-refractivity contribution in [1.29, 1.82) is 0 Å². The molecule has 0 saturated carbocycles. The van der Waals surface area contributed by atoms with Crippen molar-refractivity contribution in [3.63, 3.8) is 0 Å². The molecule has 1 aliphatic rings. The molecule has 2 rings (SSSR count). The summed E-state index contributed by atoms with van der Waals surface area (Å²) in [5.41, 5.74) is 0.627. The number of halogens is 1. The van der Waals surface area contributed by atoms with Gasteiger partial charge >= 0.3 is 6.03 Å². The summed E-state index contributed by atoms with van der Waals surface area (Å²) < 4.78 is 0. The fourth-order valence-electron chi connectivity index (χ4n) is 2.16. The second kappa shape index (κ2) is 6.13. The number of nitrogens with zero attached hydrogens (tertiary/aromatic N) is 3. The quantitative estimate of drug-likeness (QED) is 0.793. The molecule has 3 amide bonds. The molecule has 1 aromatic carbocycles. The highest BCUT2D eigenvalue weighted by molar-refractivity contribution is 6.30. The summed E-state index contributed by atoms with van der Waals surface area (Å²) in [6, 6.07) is 6.86. The van der Waals surface area contributed by atoms with Crippen molar-refractivity contribution < 1.29 is 9.59 Å². The van der Waals surface area contributed by atoms with Gasteiger partial charge in [0, 0.05) is 50.9 Å². The van der Waals surface area contributed by atoms with Crippen LogP contribution in [-0.4, -0.2) is 66.9 Å². The molecule has 6 heteroatoms. The molecule has 1 aliphatic heterocycles. The Morgan fingerprint density at radius 3 is 2.00 bits per heavy atom. The van der Waals surface area contributed by atoms with Crippen LogP contribution in [0.15, 0.2) is 24.3 Å². The van der Waals surface area contributed by atoms with Crippen LogP contribution >= 0.6 is 11.6 Å². The first-order valence-electron chi connectivity index (χ1n) is 6.50. The normalized spacial score (nSPS) is 15.2. The molecule has 1 fully saturated rings. The van der Waals surface area contributed by atoms with Gasteiger partial charge in [0.25, 0.3) is 5.91 Å². The second-order valence-electron chi connectivity index (χ2n) is 4.96. The molecule has 5 nitrogen and oxygen atoms in total. The van der Waals surface area contributed by atoms with Gasteiger partial charge in [0.15, 0.2) is 0 Å². The molecule has 0 N–H and O–H groups in total. The van der Waals surface area contributed by atoms with Crippen molar-refractivity contribution in [3.8, 4) is 0 Å². The predicted octanol–water partition coefficient (Wildman–Crippen LogP) is 1.78. The Morgan fingerprint density at radius 1 is 1.00 bits per heavy atom. The van der Waals surface area contributed by atoms with Gasteiger partial charge in [-0.15, -0.1) is 0 Å². The van der Waals surface area contributed by atoms with Crippen LogP contribution in [0.5, 0.6) is 0 Å². The summed E-state index contributed by atoms with van der Waals surface area (Å²) >= 11 is 5.81. The zero-order chi connectivity index (χ0) is 14.7. The first-order valence-corrected chi connectivity index (χ1v) is 6.88. The van der Waals surface area contributed by atoms with Crippen molar-refractivity contribution in [3.05, 3.63) is 34.9 Å². The van der Waals surface area contributed by atoms with Gasteiger partial charge in [0.1, 0.15) is 0 Å². The number of rotatable bonds is 1. The fourth-order valence-corrected chi connectivity index (χ4v) is 2.28. The SMILES string of the molecule is CN(C)C(=O)N1CCN(C(=O)c2ccc(Cl)cc2)CC1. The number of amides is 3. The van der Waals surface area contributed by atoms with E-state index in [-0.39, 0.29) is 11.9 Å². The molecule has 1 aromatic rings. The van der Waals surface area contributed by atoms with Crippen molar-refractivity contribution >= 4 is 23.5 Å². The summed E-state index contributed by atoms with van der Waals surface area (Å²) in [6.07, 6.45) is 0. The molecular formula is C14H18ClN3O2. The van der Waals surface area contributed by atoms with Crippen LogP contribution in [0.4, 0.5) is 4.79 Å². The van der Waals surface area contributed by atoms with Crippen LogP contribution < -0.4 is 0 Å². The summed E-state index contributed by atoms with van der Waals surface area (Å²) in [7, 11) is 3.46. The number of carbonyl (C=O) groups excluding carboxylic acids is 2. The standard InChI is InChI=1S/C14H18ClN3O2/c1-16(2)14(20)18-9-7-17(8-10-18)13(19)11-3-5-12(15)6-4-11/h3-6H,7-10H2,1-2H3. The zero-order valence-electron chi connectivity index (χ0n) is 11.7. The minimum Gasteiger partial charge on any atom is -0.335 e. The van der Waals surface area contributed by atoms with Gasteiger partial charge in [0.2, 0.25) is 0 Å². The molecule has 0 spiro atoms. The third-order valence-corrected chi connectivity index (χ3v) is 3.56. The lowest BCUT2D eigenvalue weighted by molar-refractivity contribution is 0.0650. The van der Waals surface area contributed by atoms with E-state index in [0.717, 1.165) is 0 Å².